The molecule has 1 aliphatic rings. The topological polar surface area (TPSA) is 223 Å². The molecule has 0 bridgehead atoms. The monoisotopic (exact) mass is 696 g/mol. The van der Waals surface area contributed by atoms with Crippen molar-refractivity contribution in [2.75, 3.05) is 20.1 Å². The zero-order chi connectivity index (χ0) is 37.6. The van der Waals surface area contributed by atoms with E-state index in [-0.39, 0.29) is 23.8 Å². The van der Waals surface area contributed by atoms with E-state index in [4.69, 9.17) is 16.2 Å². The highest BCUT2D eigenvalue weighted by Gasteiger charge is 2.39. The van der Waals surface area contributed by atoms with Gasteiger partial charge in [-0.1, -0.05) is 67.7 Å². The summed E-state index contributed by atoms with van der Waals surface area (Å²) in [5.74, 6) is -5.23. The number of aliphatic hydroxyl groups is 1. The molecule has 0 unspecified atom stereocenters. The minimum Gasteiger partial charge on any atom is -0.460 e. The summed E-state index contributed by atoms with van der Waals surface area (Å²) in [5.41, 5.74) is 10.9. The van der Waals surface area contributed by atoms with Crippen molar-refractivity contribution in [2.24, 2.45) is 40.6 Å². The van der Waals surface area contributed by atoms with Crippen LogP contribution in [0.5, 0.6) is 0 Å². The maximum Gasteiger partial charge on any atom is 0.325 e. The number of nitrogens with one attached hydrogen (secondary N) is 3. The molecule has 0 aromatic carbocycles. The van der Waals surface area contributed by atoms with Gasteiger partial charge in [-0.2, -0.15) is 0 Å². The Morgan fingerprint density at radius 1 is 0.898 bits per heavy atom. The van der Waals surface area contributed by atoms with E-state index in [1.54, 1.807) is 13.8 Å². The summed E-state index contributed by atoms with van der Waals surface area (Å²) in [6, 6.07) is -2.99. The van der Waals surface area contributed by atoms with E-state index >= 15 is 0 Å². The van der Waals surface area contributed by atoms with Crippen molar-refractivity contribution >= 4 is 35.5 Å². The van der Waals surface area contributed by atoms with E-state index in [1.165, 1.54) is 18.9 Å². The van der Waals surface area contributed by atoms with E-state index in [9.17, 15) is 33.9 Å². The molecule has 0 aromatic rings. The van der Waals surface area contributed by atoms with Crippen LogP contribution in [0.25, 0.3) is 0 Å². The molecule has 0 saturated heterocycles. The van der Waals surface area contributed by atoms with E-state index in [2.05, 4.69) is 16.0 Å². The number of hydrogen-bond donors (Lipinski definition) is 6. The van der Waals surface area contributed by atoms with Crippen molar-refractivity contribution in [1.29, 1.82) is 0 Å². The molecule has 0 spiro atoms. The second-order valence-electron chi connectivity index (χ2n) is 15.3. The molecule has 7 atom stereocenters. The maximum atomic E-state index is 14.0. The zero-order valence-corrected chi connectivity index (χ0v) is 31.2. The lowest BCUT2D eigenvalue weighted by Gasteiger charge is -2.36. The highest BCUT2D eigenvalue weighted by atomic mass is 16.5. The SMILES string of the molecule is CC(C)C[C@@H](C(=O)N[C@H](C(=O)N[C@@H](CN)C(N)=O)C1CCCCC1)N(C)C(=O)[C@H](C)[C@@H](CCC(C)(C)C)OC(=O)CNC(=O)[C@@H](C)[C@H](C)O. The summed E-state index contributed by atoms with van der Waals surface area (Å²) in [4.78, 5) is 79.8. The van der Waals surface area contributed by atoms with Gasteiger partial charge in [0.1, 0.15) is 30.8 Å². The first-order valence-electron chi connectivity index (χ1n) is 17.7. The molecule has 49 heavy (non-hydrogen) atoms. The maximum absolute atomic E-state index is 14.0. The highest BCUT2D eigenvalue weighted by Crippen LogP contribution is 2.29. The number of rotatable bonds is 19. The van der Waals surface area contributed by atoms with Crippen LogP contribution in [0, 0.1) is 29.1 Å². The summed E-state index contributed by atoms with van der Waals surface area (Å²) in [5, 5.41) is 17.7. The summed E-state index contributed by atoms with van der Waals surface area (Å²) in [6.07, 6.45) is 3.76. The Balaban J connectivity index is 3.26. The van der Waals surface area contributed by atoms with E-state index in [1.807, 2.05) is 34.6 Å². The van der Waals surface area contributed by atoms with Gasteiger partial charge in [0.2, 0.25) is 29.5 Å². The molecule has 282 valence electrons. The number of ether oxygens (including phenoxy) is 1. The van der Waals surface area contributed by atoms with Crippen LogP contribution in [0.15, 0.2) is 0 Å². The molecule has 0 aromatic heterocycles. The number of esters is 1. The van der Waals surface area contributed by atoms with Gasteiger partial charge in [0.05, 0.1) is 17.9 Å². The first kappa shape index (κ1) is 43.8. The Morgan fingerprint density at radius 2 is 1.49 bits per heavy atom. The third-order valence-electron chi connectivity index (χ3n) is 9.36. The smallest absolute Gasteiger partial charge is 0.325 e. The van der Waals surface area contributed by atoms with Gasteiger partial charge in [0, 0.05) is 13.6 Å². The number of aliphatic hydroxyl groups excluding tert-OH is 1. The molecular weight excluding hydrogens is 632 g/mol. The first-order valence-corrected chi connectivity index (χ1v) is 17.7. The van der Waals surface area contributed by atoms with Gasteiger partial charge in [0.15, 0.2) is 0 Å². The van der Waals surface area contributed by atoms with Crippen LogP contribution < -0.4 is 27.4 Å². The van der Waals surface area contributed by atoms with Crippen LogP contribution in [-0.2, 0) is 33.5 Å². The molecule has 1 saturated carbocycles. The van der Waals surface area contributed by atoms with E-state index in [0.29, 0.717) is 32.1 Å². The average molecular weight is 697 g/mol. The van der Waals surface area contributed by atoms with Crippen molar-refractivity contribution in [3.05, 3.63) is 0 Å². The van der Waals surface area contributed by atoms with Crippen LogP contribution in [0.4, 0.5) is 0 Å². The van der Waals surface area contributed by atoms with Crippen molar-refractivity contribution in [1.82, 2.24) is 20.9 Å². The van der Waals surface area contributed by atoms with Crippen LogP contribution in [-0.4, -0.2) is 96.0 Å². The number of carbonyl (C=O) groups is 6. The molecule has 14 nitrogen and oxygen atoms in total. The number of nitrogens with zero attached hydrogens (tertiary/aromatic N) is 1. The van der Waals surface area contributed by atoms with Crippen molar-refractivity contribution in [3.8, 4) is 0 Å². The molecular formula is C35H64N6O8. The second-order valence-corrected chi connectivity index (χ2v) is 15.3. The van der Waals surface area contributed by atoms with E-state index < -0.39 is 84.2 Å². The van der Waals surface area contributed by atoms with Gasteiger partial charge in [-0.15, -0.1) is 0 Å². The molecule has 1 rings (SSSR count). The van der Waals surface area contributed by atoms with Crippen LogP contribution >= 0.6 is 0 Å². The fourth-order valence-electron chi connectivity index (χ4n) is 5.88. The summed E-state index contributed by atoms with van der Waals surface area (Å²) < 4.78 is 5.77. The number of carbonyl (C=O) groups excluding carboxylic acids is 6. The average Bonchev–Trinajstić information content (AvgIpc) is 3.03. The molecule has 1 aliphatic carbocycles. The van der Waals surface area contributed by atoms with Gasteiger partial charge in [-0.3, -0.25) is 28.8 Å². The number of nitrogens with two attached hydrogens (primary N) is 2. The molecule has 0 aliphatic heterocycles. The second kappa shape index (κ2) is 20.4. The van der Waals surface area contributed by atoms with Crippen molar-refractivity contribution < 1.29 is 38.6 Å². The fourth-order valence-corrected chi connectivity index (χ4v) is 5.88. The Kier molecular flexibility index (Phi) is 18.2. The van der Waals surface area contributed by atoms with Gasteiger partial charge in [-0.05, 0) is 56.3 Å². The Bertz CT molecular complexity index is 1120. The van der Waals surface area contributed by atoms with Gasteiger partial charge in [-0.25, -0.2) is 0 Å². The Labute approximate surface area is 292 Å². The molecule has 14 heteroatoms. The molecule has 0 heterocycles. The quantitative estimate of drug-likeness (QED) is 0.107. The largest absolute Gasteiger partial charge is 0.460 e. The summed E-state index contributed by atoms with van der Waals surface area (Å²) >= 11 is 0. The third kappa shape index (κ3) is 15.0. The van der Waals surface area contributed by atoms with Gasteiger partial charge >= 0.3 is 5.97 Å². The Hall–Kier alpha value is -3.26. The van der Waals surface area contributed by atoms with Crippen molar-refractivity contribution in [3.63, 3.8) is 0 Å². The normalized spacial score (nSPS) is 18.2. The van der Waals surface area contributed by atoms with Crippen LogP contribution in [0.3, 0.4) is 0 Å². The fraction of sp³-hybridized carbons (Fsp3) is 0.829. The standard InChI is InChI=1S/C35H64N6O8/c1-20(2)17-26(32(46)40-29(24-13-11-10-12-14-24)33(47)39-25(18-36)30(37)44)41(9)34(48)22(4)27(15-16-35(6,7)8)49-28(43)19-38-31(45)21(3)23(5)42/h20-27,29,42H,10-19,36H2,1-9H3,(H2,37,44)(H,38,45)(H,39,47)(H,40,46)/t21-,22+,23-,25-,26-,27+,29-/m0/s1. The molecule has 1 fully saturated rings. The minimum atomic E-state index is -1.09. The number of amides is 5. The zero-order valence-electron chi connectivity index (χ0n) is 31.2. The molecule has 0 radical (unpaired) electrons. The van der Waals surface area contributed by atoms with Gasteiger partial charge < -0.3 is 42.2 Å². The lowest BCUT2D eigenvalue weighted by Crippen LogP contribution is -2.60. The molecule has 5 amide bonds. The summed E-state index contributed by atoms with van der Waals surface area (Å²) in [6.45, 7) is 14.0. The number of primary amides is 1. The number of hydrogen-bond acceptors (Lipinski definition) is 9. The third-order valence-corrected chi connectivity index (χ3v) is 9.36. The van der Waals surface area contributed by atoms with Crippen LogP contribution in [0.1, 0.15) is 107 Å². The Morgan fingerprint density at radius 3 is 1.98 bits per heavy atom. The highest BCUT2D eigenvalue weighted by molar-refractivity contribution is 5.94. The first-order chi connectivity index (χ1) is 22.7. The predicted molar refractivity (Wildman–Crippen MR) is 186 cm³/mol. The van der Waals surface area contributed by atoms with Crippen molar-refractivity contribution in [2.45, 2.75) is 137 Å². The number of likely N-dealkylation sites (N-methyl/N-ethyl adjacent to an activating group) is 1. The summed E-state index contributed by atoms with van der Waals surface area (Å²) in [7, 11) is 1.53. The molecule has 8 N–H and O–H groups in total. The van der Waals surface area contributed by atoms with Gasteiger partial charge in [0.25, 0.3) is 0 Å². The lowest BCUT2D eigenvalue weighted by molar-refractivity contribution is -0.158. The predicted octanol–water partition coefficient (Wildman–Crippen LogP) is 1.36. The minimum absolute atomic E-state index is 0.00176. The van der Waals surface area contributed by atoms with E-state index in [0.717, 1.165) is 19.3 Å². The van der Waals surface area contributed by atoms with Crippen LogP contribution in [0.2, 0.25) is 0 Å². The lowest BCUT2D eigenvalue weighted by atomic mass is 9.83.